The van der Waals surface area contributed by atoms with Crippen LogP contribution in [-0.4, -0.2) is 34.9 Å². The lowest BCUT2D eigenvalue weighted by Crippen LogP contribution is -2.17. The van der Waals surface area contributed by atoms with Crippen molar-refractivity contribution in [2.75, 3.05) is 6.61 Å². The number of nitrogens with one attached hydrogen (secondary N) is 1. The minimum atomic E-state index is -0.983. The van der Waals surface area contributed by atoms with Crippen molar-refractivity contribution in [3.05, 3.63) is 98.6 Å². The molecule has 1 amide bonds. The molecule has 0 aliphatic carbocycles. The van der Waals surface area contributed by atoms with E-state index in [1.807, 2.05) is 37.3 Å². The van der Waals surface area contributed by atoms with Gasteiger partial charge in [0, 0.05) is 0 Å². The Balaban J connectivity index is 1.47. The van der Waals surface area contributed by atoms with E-state index in [0.29, 0.717) is 23.7 Å². The van der Waals surface area contributed by atoms with E-state index in [-0.39, 0.29) is 23.5 Å². The third-order valence-corrected chi connectivity index (χ3v) is 6.21. The van der Waals surface area contributed by atoms with Crippen molar-refractivity contribution in [3.63, 3.8) is 0 Å². The van der Waals surface area contributed by atoms with Crippen LogP contribution in [0.25, 0.3) is 10.8 Å². The van der Waals surface area contributed by atoms with Gasteiger partial charge in [0.2, 0.25) is 0 Å². The summed E-state index contributed by atoms with van der Waals surface area (Å²) >= 11 is 2.13. The number of phenolic OH excluding ortho intramolecular Hbond substituents is 1. The number of amides is 1. The van der Waals surface area contributed by atoms with Gasteiger partial charge in [0.25, 0.3) is 5.91 Å². The van der Waals surface area contributed by atoms with E-state index in [0.717, 1.165) is 19.9 Å². The minimum absolute atomic E-state index is 0.126. The summed E-state index contributed by atoms with van der Waals surface area (Å²) in [7, 11) is 0. The van der Waals surface area contributed by atoms with Crippen molar-refractivity contribution in [1.29, 1.82) is 0 Å². The molecular weight excluding hydrogens is 587 g/mol. The topological polar surface area (TPSA) is 117 Å². The van der Waals surface area contributed by atoms with Gasteiger partial charge in [-0.3, -0.25) is 4.79 Å². The van der Waals surface area contributed by atoms with Crippen LogP contribution in [-0.2, 0) is 6.61 Å². The first kappa shape index (κ1) is 26.0. The fourth-order valence-corrected chi connectivity index (χ4v) is 4.38. The predicted molar refractivity (Wildman–Crippen MR) is 149 cm³/mol. The highest BCUT2D eigenvalue weighted by Crippen LogP contribution is 2.34. The Kier molecular flexibility index (Phi) is 8.24. The van der Waals surface area contributed by atoms with Gasteiger partial charge >= 0.3 is 5.97 Å². The first-order chi connectivity index (χ1) is 17.9. The molecule has 0 fully saturated rings. The number of aromatic hydroxyl groups is 1. The number of rotatable bonds is 9. The second-order valence-electron chi connectivity index (χ2n) is 7.97. The summed E-state index contributed by atoms with van der Waals surface area (Å²) in [6, 6.07) is 20.6. The lowest BCUT2D eigenvalue weighted by molar-refractivity contribution is 0.0696. The Morgan fingerprint density at radius 1 is 1.00 bits per heavy atom. The quantitative estimate of drug-likeness (QED) is 0.129. The number of aromatic carboxylic acids is 1. The van der Waals surface area contributed by atoms with Crippen molar-refractivity contribution in [3.8, 4) is 17.2 Å². The third kappa shape index (κ3) is 6.36. The molecule has 0 unspecified atom stereocenters. The van der Waals surface area contributed by atoms with Gasteiger partial charge in [-0.2, -0.15) is 5.10 Å². The van der Waals surface area contributed by atoms with Crippen LogP contribution in [0.1, 0.15) is 38.8 Å². The molecule has 4 rings (SSSR count). The maximum absolute atomic E-state index is 12.6. The first-order valence-corrected chi connectivity index (χ1v) is 12.4. The van der Waals surface area contributed by atoms with Gasteiger partial charge in [-0.05, 0) is 87.8 Å². The predicted octanol–water partition coefficient (Wildman–Crippen LogP) is 5.59. The average Bonchev–Trinajstić information content (AvgIpc) is 2.88. The van der Waals surface area contributed by atoms with Crippen LogP contribution in [0.15, 0.2) is 77.9 Å². The summed E-state index contributed by atoms with van der Waals surface area (Å²) in [4.78, 5) is 23.6. The van der Waals surface area contributed by atoms with Crippen LogP contribution in [0.2, 0.25) is 0 Å². The number of halogens is 1. The Morgan fingerprint density at radius 2 is 1.70 bits per heavy atom. The molecule has 0 spiro atoms. The first-order valence-electron chi connectivity index (χ1n) is 11.3. The van der Waals surface area contributed by atoms with Crippen LogP contribution in [0.3, 0.4) is 0 Å². The van der Waals surface area contributed by atoms with Crippen LogP contribution in [0.4, 0.5) is 0 Å². The second-order valence-corrected chi connectivity index (χ2v) is 9.13. The zero-order valence-corrected chi connectivity index (χ0v) is 21.9. The van der Waals surface area contributed by atoms with E-state index in [2.05, 4.69) is 33.1 Å². The highest BCUT2D eigenvalue weighted by molar-refractivity contribution is 14.1. The lowest BCUT2D eigenvalue weighted by Gasteiger charge is -2.15. The molecule has 0 radical (unpaired) electrons. The normalized spacial score (nSPS) is 11.0. The highest BCUT2D eigenvalue weighted by atomic mass is 127. The fourth-order valence-electron chi connectivity index (χ4n) is 3.60. The summed E-state index contributed by atoms with van der Waals surface area (Å²) in [5.74, 6) is -0.585. The molecule has 0 aliphatic heterocycles. The van der Waals surface area contributed by atoms with Crippen molar-refractivity contribution >= 4 is 51.5 Å². The zero-order valence-electron chi connectivity index (χ0n) is 19.8. The number of hydrazone groups is 1. The smallest absolute Gasteiger partial charge is 0.335 e. The van der Waals surface area contributed by atoms with Gasteiger partial charge in [-0.1, -0.05) is 36.4 Å². The monoisotopic (exact) mass is 610 g/mol. The number of ether oxygens (including phenoxy) is 2. The Morgan fingerprint density at radius 3 is 2.38 bits per heavy atom. The number of benzene rings is 4. The molecule has 0 saturated heterocycles. The Bertz CT molecular complexity index is 1480. The number of nitrogens with zero attached hydrogens (tertiary/aromatic N) is 1. The molecular formula is C28H23IN2O6. The Labute approximate surface area is 226 Å². The van der Waals surface area contributed by atoms with Gasteiger partial charge in [0.15, 0.2) is 11.5 Å². The number of carboxylic acids is 1. The molecule has 4 aromatic rings. The number of carbonyl (C=O) groups is 2. The zero-order chi connectivity index (χ0) is 26.4. The molecule has 0 aromatic heterocycles. The number of carbonyl (C=O) groups excluding carboxylic acids is 1. The summed E-state index contributed by atoms with van der Waals surface area (Å²) in [6.45, 7) is 2.51. The van der Waals surface area contributed by atoms with E-state index in [1.54, 1.807) is 30.3 Å². The molecule has 4 aromatic carbocycles. The molecule has 9 heteroatoms. The number of carboxylic acid groups (broad SMARTS) is 1. The van der Waals surface area contributed by atoms with Gasteiger partial charge in [-0.15, -0.1) is 0 Å². The summed E-state index contributed by atoms with van der Waals surface area (Å²) in [5, 5.41) is 25.0. The standard InChI is InChI=1S/C28H23IN2O6/c1-2-36-25-12-18(11-23(29)26(25)37-16-17-7-9-19(10-8-17)28(34)35)15-30-31-27(33)22-13-20-5-3-4-6-21(20)14-24(22)32/h3-15,32H,2,16H2,1H3,(H,31,33)(H,34,35). The van der Waals surface area contributed by atoms with E-state index in [9.17, 15) is 14.7 Å². The molecule has 0 aliphatic rings. The van der Waals surface area contributed by atoms with Crippen LogP contribution < -0.4 is 14.9 Å². The number of hydrogen-bond donors (Lipinski definition) is 3. The molecule has 37 heavy (non-hydrogen) atoms. The Hall–Kier alpha value is -4.12. The largest absolute Gasteiger partial charge is 0.507 e. The maximum atomic E-state index is 12.6. The summed E-state index contributed by atoms with van der Waals surface area (Å²) < 4.78 is 12.5. The summed E-state index contributed by atoms with van der Waals surface area (Å²) in [6.07, 6.45) is 1.48. The van der Waals surface area contributed by atoms with E-state index in [4.69, 9.17) is 14.6 Å². The fraction of sp³-hybridized carbons (Fsp3) is 0.107. The molecule has 0 heterocycles. The van der Waals surface area contributed by atoms with Gasteiger partial charge in [0.1, 0.15) is 12.4 Å². The van der Waals surface area contributed by atoms with E-state index < -0.39 is 11.9 Å². The molecule has 3 N–H and O–H groups in total. The second kappa shape index (κ2) is 11.7. The highest BCUT2D eigenvalue weighted by Gasteiger charge is 2.14. The lowest BCUT2D eigenvalue weighted by atomic mass is 10.1. The maximum Gasteiger partial charge on any atom is 0.335 e. The van der Waals surface area contributed by atoms with E-state index in [1.165, 1.54) is 18.3 Å². The molecule has 0 saturated carbocycles. The van der Waals surface area contributed by atoms with Gasteiger partial charge < -0.3 is 19.7 Å². The molecule has 0 atom stereocenters. The third-order valence-electron chi connectivity index (χ3n) is 5.40. The number of hydrogen-bond acceptors (Lipinski definition) is 6. The SMILES string of the molecule is CCOc1cc(C=NNC(=O)c2cc3ccccc3cc2O)cc(I)c1OCc1ccc(C(=O)O)cc1. The number of phenols is 1. The average molecular weight is 610 g/mol. The molecule has 0 bridgehead atoms. The number of fused-ring (bicyclic) bond motifs is 1. The van der Waals surface area contributed by atoms with Crippen molar-refractivity contribution in [2.24, 2.45) is 5.10 Å². The summed E-state index contributed by atoms with van der Waals surface area (Å²) in [5.41, 5.74) is 4.27. The van der Waals surface area contributed by atoms with Crippen LogP contribution >= 0.6 is 22.6 Å². The van der Waals surface area contributed by atoms with E-state index >= 15 is 0 Å². The minimum Gasteiger partial charge on any atom is -0.507 e. The van der Waals surface area contributed by atoms with Crippen molar-refractivity contribution in [2.45, 2.75) is 13.5 Å². The van der Waals surface area contributed by atoms with Crippen molar-refractivity contribution < 1.29 is 29.3 Å². The van der Waals surface area contributed by atoms with Gasteiger partial charge in [0.05, 0.1) is 27.5 Å². The van der Waals surface area contributed by atoms with Gasteiger partial charge in [-0.25, -0.2) is 10.2 Å². The molecule has 8 nitrogen and oxygen atoms in total. The van der Waals surface area contributed by atoms with Crippen LogP contribution in [0, 0.1) is 3.57 Å². The molecule has 188 valence electrons. The van der Waals surface area contributed by atoms with Crippen molar-refractivity contribution in [1.82, 2.24) is 5.43 Å². The van der Waals surface area contributed by atoms with Crippen LogP contribution in [0.5, 0.6) is 17.2 Å².